The maximum absolute atomic E-state index is 12.6. The van der Waals surface area contributed by atoms with Gasteiger partial charge >= 0.3 is 0 Å². The maximum atomic E-state index is 12.6. The highest BCUT2D eigenvalue weighted by molar-refractivity contribution is 7.89. The smallest absolute Gasteiger partial charge is 0.246 e. The molecule has 0 aliphatic heterocycles. The molecular weight excluding hydrogens is 312 g/mol. The zero-order valence-corrected chi connectivity index (χ0v) is 13.3. The van der Waals surface area contributed by atoms with E-state index in [-0.39, 0.29) is 4.90 Å². The lowest BCUT2D eigenvalue weighted by molar-refractivity contribution is 0.423. The molecule has 2 heterocycles. The molecular formula is C13H17ClN4O2S. The summed E-state index contributed by atoms with van der Waals surface area (Å²) >= 11 is 5.63. The van der Waals surface area contributed by atoms with Crippen molar-refractivity contribution in [2.24, 2.45) is 0 Å². The number of rotatable bonds is 7. The number of aromatic nitrogens is 3. The summed E-state index contributed by atoms with van der Waals surface area (Å²) in [5.74, 6) is 0.385. The van der Waals surface area contributed by atoms with E-state index in [1.165, 1.54) is 21.4 Å². The molecule has 2 rings (SSSR count). The topological polar surface area (TPSA) is 68.1 Å². The van der Waals surface area contributed by atoms with Crippen LogP contribution < -0.4 is 0 Å². The van der Waals surface area contributed by atoms with Gasteiger partial charge in [0.25, 0.3) is 0 Å². The molecule has 0 aromatic carbocycles. The Balaban J connectivity index is 2.22. The molecule has 0 saturated heterocycles. The molecule has 0 amide bonds. The van der Waals surface area contributed by atoms with E-state index in [2.05, 4.69) is 10.1 Å². The minimum absolute atomic E-state index is 0.184. The number of alkyl halides is 1. The number of hydrogen-bond donors (Lipinski definition) is 0. The molecule has 6 nitrogen and oxygen atoms in total. The third kappa shape index (κ3) is 3.81. The van der Waals surface area contributed by atoms with Gasteiger partial charge < -0.3 is 0 Å². The largest absolute Gasteiger partial charge is 0.270 e. The van der Waals surface area contributed by atoms with Gasteiger partial charge in [0.15, 0.2) is 0 Å². The Bertz CT molecular complexity index is 672. The summed E-state index contributed by atoms with van der Waals surface area (Å²) in [5, 5.41) is 4.01. The SMILES string of the molecule is CCN(Cc1ccncc1)S(=O)(=O)c1cnn(CCCl)c1. The Morgan fingerprint density at radius 2 is 2.05 bits per heavy atom. The van der Waals surface area contributed by atoms with Crippen molar-refractivity contribution >= 4 is 21.6 Å². The summed E-state index contributed by atoms with van der Waals surface area (Å²) in [7, 11) is -3.56. The Morgan fingerprint density at radius 3 is 2.67 bits per heavy atom. The van der Waals surface area contributed by atoms with Crippen LogP contribution in [-0.2, 0) is 23.1 Å². The number of pyridine rings is 1. The zero-order valence-electron chi connectivity index (χ0n) is 11.7. The minimum Gasteiger partial charge on any atom is -0.270 e. The average Bonchev–Trinajstić information content (AvgIpc) is 2.95. The first-order valence-electron chi connectivity index (χ1n) is 6.55. The van der Waals surface area contributed by atoms with Crippen molar-refractivity contribution in [3.63, 3.8) is 0 Å². The van der Waals surface area contributed by atoms with Gasteiger partial charge in [-0.3, -0.25) is 9.67 Å². The van der Waals surface area contributed by atoms with E-state index < -0.39 is 10.0 Å². The van der Waals surface area contributed by atoms with Gasteiger partial charge in [0.05, 0.1) is 12.7 Å². The second-order valence-electron chi connectivity index (χ2n) is 4.41. The highest BCUT2D eigenvalue weighted by Crippen LogP contribution is 2.17. The van der Waals surface area contributed by atoms with E-state index in [1.54, 1.807) is 24.5 Å². The summed E-state index contributed by atoms with van der Waals surface area (Å²) < 4.78 is 28.2. The molecule has 0 fully saturated rings. The summed E-state index contributed by atoms with van der Waals surface area (Å²) in [6.45, 7) is 2.98. The molecule has 8 heteroatoms. The second-order valence-corrected chi connectivity index (χ2v) is 6.73. The van der Waals surface area contributed by atoms with E-state index in [1.807, 2.05) is 6.92 Å². The van der Waals surface area contributed by atoms with Crippen LogP contribution in [0.1, 0.15) is 12.5 Å². The summed E-state index contributed by atoms with van der Waals surface area (Å²) in [6, 6.07) is 3.60. The van der Waals surface area contributed by atoms with Crippen LogP contribution in [0.15, 0.2) is 41.8 Å². The number of hydrogen-bond acceptors (Lipinski definition) is 4. The van der Waals surface area contributed by atoms with Crippen LogP contribution >= 0.6 is 11.6 Å². The molecule has 0 aliphatic rings. The van der Waals surface area contributed by atoms with Gasteiger partial charge in [-0.15, -0.1) is 11.6 Å². The van der Waals surface area contributed by atoms with Gasteiger partial charge in [0.1, 0.15) is 4.90 Å². The summed E-state index contributed by atoms with van der Waals surface area (Å²) in [4.78, 5) is 4.11. The molecule has 0 atom stereocenters. The van der Waals surface area contributed by atoms with Crippen LogP contribution in [0.2, 0.25) is 0 Å². The van der Waals surface area contributed by atoms with Crippen LogP contribution in [0.25, 0.3) is 0 Å². The molecule has 21 heavy (non-hydrogen) atoms. The molecule has 0 spiro atoms. The van der Waals surface area contributed by atoms with Gasteiger partial charge in [0, 0.05) is 37.6 Å². The van der Waals surface area contributed by atoms with Crippen LogP contribution in [0.3, 0.4) is 0 Å². The van der Waals surface area contributed by atoms with Crippen molar-refractivity contribution < 1.29 is 8.42 Å². The van der Waals surface area contributed by atoms with Gasteiger partial charge in [-0.25, -0.2) is 8.42 Å². The first kappa shape index (κ1) is 15.9. The van der Waals surface area contributed by atoms with E-state index in [4.69, 9.17) is 11.6 Å². The fourth-order valence-corrected chi connectivity index (χ4v) is 3.46. The number of halogens is 1. The molecule has 0 radical (unpaired) electrons. The summed E-state index contributed by atoms with van der Waals surface area (Å²) in [6.07, 6.45) is 6.16. The fraction of sp³-hybridized carbons (Fsp3) is 0.385. The molecule has 2 aromatic rings. The third-order valence-electron chi connectivity index (χ3n) is 3.02. The summed E-state index contributed by atoms with van der Waals surface area (Å²) in [5.41, 5.74) is 0.892. The first-order valence-corrected chi connectivity index (χ1v) is 8.53. The molecule has 114 valence electrons. The van der Waals surface area contributed by atoms with Crippen molar-refractivity contribution in [1.29, 1.82) is 0 Å². The fourth-order valence-electron chi connectivity index (χ4n) is 1.89. The van der Waals surface area contributed by atoms with Crippen LogP contribution in [0.4, 0.5) is 0 Å². The Labute approximate surface area is 129 Å². The standard InChI is InChI=1S/C13H17ClN4O2S/c1-2-18(10-12-3-6-15-7-4-12)21(19,20)13-9-16-17(11-13)8-5-14/h3-4,6-7,9,11H,2,5,8,10H2,1H3. The van der Waals surface area contributed by atoms with Crippen molar-refractivity contribution in [2.75, 3.05) is 12.4 Å². The quantitative estimate of drug-likeness (QED) is 0.726. The van der Waals surface area contributed by atoms with E-state index in [0.717, 1.165) is 5.56 Å². The zero-order chi connectivity index (χ0) is 15.3. The third-order valence-corrected chi connectivity index (χ3v) is 5.06. The highest BCUT2D eigenvalue weighted by atomic mass is 35.5. The molecule has 0 saturated carbocycles. The Morgan fingerprint density at radius 1 is 1.33 bits per heavy atom. The normalized spacial score (nSPS) is 12.0. The van der Waals surface area contributed by atoms with E-state index in [0.29, 0.717) is 25.5 Å². The predicted octanol–water partition coefficient (Wildman–Crippen LogP) is 1.73. The lowest BCUT2D eigenvalue weighted by Gasteiger charge is -2.19. The van der Waals surface area contributed by atoms with Crippen LogP contribution in [-0.4, -0.2) is 39.9 Å². The number of aryl methyl sites for hydroxylation is 1. The van der Waals surface area contributed by atoms with Gasteiger partial charge in [-0.1, -0.05) is 6.92 Å². The molecule has 2 aromatic heterocycles. The lowest BCUT2D eigenvalue weighted by atomic mass is 10.3. The predicted molar refractivity (Wildman–Crippen MR) is 80.5 cm³/mol. The van der Waals surface area contributed by atoms with Gasteiger partial charge in [-0.05, 0) is 17.7 Å². The molecule has 0 aliphatic carbocycles. The Kier molecular flexibility index (Phi) is 5.33. The molecule has 0 unspecified atom stereocenters. The first-order chi connectivity index (χ1) is 10.1. The Hall–Kier alpha value is -1.44. The van der Waals surface area contributed by atoms with E-state index in [9.17, 15) is 8.42 Å². The van der Waals surface area contributed by atoms with Crippen molar-refractivity contribution in [3.05, 3.63) is 42.5 Å². The van der Waals surface area contributed by atoms with Crippen molar-refractivity contribution in [1.82, 2.24) is 19.1 Å². The van der Waals surface area contributed by atoms with Crippen LogP contribution in [0.5, 0.6) is 0 Å². The highest BCUT2D eigenvalue weighted by Gasteiger charge is 2.24. The lowest BCUT2D eigenvalue weighted by Crippen LogP contribution is -2.30. The minimum atomic E-state index is -3.56. The van der Waals surface area contributed by atoms with Gasteiger partial charge in [-0.2, -0.15) is 9.40 Å². The van der Waals surface area contributed by atoms with Crippen molar-refractivity contribution in [3.8, 4) is 0 Å². The monoisotopic (exact) mass is 328 g/mol. The average molecular weight is 329 g/mol. The maximum Gasteiger partial charge on any atom is 0.246 e. The molecule has 0 N–H and O–H groups in total. The van der Waals surface area contributed by atoms with Gasteiger partial charge in [0.2, 0.25) is 10.0 Å². The van der Waals surface area contributed by atoms with Crippen molar-refractivity contribution in [2.45, 2.75) is 24.9 Å². The molecule has 0 bridgehead atoms. The van der Waals surface area contributed by atoms with E-state index >= 15 is 0 Å². The second kappa shape index (κ2) is 7.02. The number of nitrogens with zero attached hydrogens (tertiary/aromatic N) is 4. The number of sulfonamides is 1. The van der Waals surface area contributed by atoms with Crippen LogP contribution in [0, 0.1) is 0 Å².